The molecule has 0 saturated heterocycles. The van der Waals surface area contributed by atoms with E-state index in [2.05, 4.69) is 5.32 Å². The van der Waals surface area contributed by atoms with Crippen LogP contribution in [0.1, 0.15) is 29.6 Å². The molecule has 110 valence electrons. The van der Waals surface area contributed by atoms with Crippen molar-refractivity contribution in [1.82, 2.24) is 5.32 Å². The summed E-state index contributed by atoms with van der Waals surface area (Å²) in [6, 6.07) is 4.95. The van der Waals surface area contributed by atoms with E-state index >= 15 is 0 Å². The molecule has 0 spiro atoms. The number of amides is 1. The molecule has 0 unspecified atom stereocenters. The fourth-order valence-corrected chi connectivity index (χ4v) is 1.68. The number of hydrogen-bond donors (Lipinski definition) is 2. The number of nitrogens with one attached hydrogen (secondary N) is 1. The van der Waals surface area contributed by atoms with Gasteiger partial charge in [-0.25, -0.2) is 0 Å². The first-order chi connectivity index (χ1) is 9.58. The van der Waals surface area contributed by atoms with E-state index in [1.54, 1.807) is 18.2 Å². The number of aliphatic carboxylic acids is 1. The number of rotatable bonds is 8. The molecule has 1 rings (SSSR count). The standard InChI is InChI=1S/C14H19NO5/c1-19-10-6-7-11(12(9-10)20-2)14(18)15-8-4-3-5-13(16)17/h6-7,9H,3-5,8H2,1-2H3,(H,15,18)(H,16,17). The predicted octanol–water partition coefficient (Wildman–Crippen LogP) is 1.69. The Morgan fingerprint density at radius 3 is 2.55 bits per heavy atom. The van der Waals surface area contributed by atoms with Gasteiger partial charge in [0.15, 0.2) is 0 Å². The number of carbonyl (C=O) groups is 2. The molecule has 1 amide bonds. The summed E-state index contributed by atoms with van der Waals surface area (Å²) in [4.78, 5) is 22.3. The lowest BCUT2D eigenvalue weighted by Crippen LogP contribution is -2.25. The van der Waals surface area contributed by atoms with Gasteiger partial charge in [-0.15, -0.1) is 0 Å². The third-order valence-corrected chi connectivity index (χ3v) is 2.76. The highest BCUT2D eigenvalue weighted by Gasteiger charge is 2.12. The minimum Gasteiger partial charge on any atom is -0.497 e. The van der Waals surface area contributed by atoms with Crippen LogP contribution >= 0.6 is 0 Å². The molecule has 1 aromatic carbocycles. The molecule has 0 radical (unpaired) electrons. The van der Waals surface area contributed by atoms with Crippen LogP contribution in [0.5, 0.6) is 11.5 Å². The van der Waals surface area contributed by atoms with Crippen molar-refractivity contribution in [2.75, 3.05) is 20.8 Å². The van der Waals surface area contributed by atoms with Crippen LogP contribution < -0.4 is 14.8 Å². The first-order valence-corrected chi connectivity index (χ1v) is 6.30. The molecule has 6 nitrogen and oxygen atoms in total. The van der Waals surface area contributed by atoms with E-state index in [0.29, 0.717) is 36.4 Å². The first kappa shape index (κ1) is 15.8. The molecule has 0 saturated carbocycles. The van der Waals surface area contributed by atoms with Crippen molar-refractivity contribution in [1.29, 1.82) is 0 Å². The minimum atomic E-state index is -0.826. The number of unbranched alkanes of at least 4 members (excludes halogenated alkanes) is 1. The van der Waals surface area contributed by atoms with Crippen LogP contribution in [0, 0.1) is 0 Å². The minimum absolute atomic E-state index is 0.113. The van der Waals surface area contributed by atoms with Gasteiger partial charge in [-0.3, -0.25) is 9.59 Å². The van der Waals surface area contributed by atoms with Crippen molar-refractivity contribution < 1.29 is 24.2 Å². The maximum atomic E-state index is 12.0. The summed E-state index contributed by atoms with van der Waals surface area (Å²) in [5.74, 6) is -0.0276. The predicted molar refractivity (Wildman–Crippen MR) is 73.4 cm³/mol. The maximum Gasteiger partial charge on any atom is 0.303 e. The van der Waals surface area contributed by atoms with Crippen molar-refractivity contribution >= 4 is 11.9 Å². The molecule has 2 N–H and O–H groups in total. The molecule has 0 fully saturated rings. The molecule has 1 aromatic rings. The number of carboxylic acids is 1. The number of ether oxygens (including phenoxy) is 2. The lowest BCUT2D eigenvalue weighted by molar-refractivity contribution is -0.137. The zero-order valence-electron chi connectivity index (χ0n) is 11.6. The van der Waals surface area contributed by atoms with Gasteiger partial charge < -0.3 is 19.9 Å². The van der Waals surface area contributed by atoms with Crippen molar-refractivity contribution in [2.45, 2.75) is 19.3 Å². The van der Waals surface area contributed by atoms with Crippen LogP contribution in [-0.2, 0) is 4.79 Å². The second-order valence-corrected chi connectivity index (χ2v) is 4.17. The van der Waals surface area contributed by atoms with Gasteiger partial charge in [0, 0.05) is 19.0 Å². The van der Waals surface area contributed by atoms with Crippen LogP contribution in [0.25, 0.3) is 0 Å². The third kappa shape index (κ3) is 4.79. The first-order valence-electron chi connectivity index (χ1n) is 6.30. The molecular formula is C14H19NO5. The van der Waals surface area contributed by atoms with Gasteiger partial charge in [0.2, 0.25) is 0 Å². The van der Waals surface area contributed by atoms with E-state index in [1.807, 2.05) is 0 Å². The lowest BCUT2D eigenvalue weighted by Gasteiger charge is -2.10. The van der Waals surface area contributed by atoms with Gasteiger partial charge in [-0.2, -0.15) is 0 Å². The Morgan fingerprint density at radius 2 is 1.95 bits per heavy atom. The van der Waals surface area contributed by atoms with Crippen LogP contribution in [0.15, 0.2) is 18.2 Å². The molecular weight excluding hydrogens is 262 g/mol. The highest BCUT2D eigenvalue weighted by molar-refractivity contribution is 5.97. The number of methoxy groups -OCH3 is 2. The van der Waals surface area contributed by atoms with E-state index in [-0.39, 0.29) is 12.3 Å². The highest BCUT2D eigenvalue weighted by atomic mass is 16.5. The summed E-state index contributed by atoms with van der Waals surface area (Å²) in [6.45, 7) is 0.432. The quantitative estimate of drug-likeness (QED) is 0.708. The monoisotopic (exact) mass is 281 g/mol. The zero-order valence-corrected chi connectivity index (χ0v) is 11.6. The molecule has 0 atom stereocenters. The van der Waals surface area contributed by atoms with Crippen LogP contribution in [0.4, 0.5) is 0 Å². The molecule has 0 aliphatic carbocycles. The number of hydrogen-bond acceptors (Lipinski definition) is 4. The second-order valence-electron chi connectivity index (χ2n) is 4.17. The summed E-state index contributed by atoms with van der Waals surface area (Å²) in [7, 11) is 3.02. The molecule has 0 aromatic heterocycles. The van der Waals surface area contributed by atoms with Gasteiger partial charge in [0.05, 0.1) is 19.8 Å². The number of carboxylic acid groups (broad SMARTS) is 1. The Hall–Kier alpha value is -2.24. The summed E-state index contributed by atoms with van der Waals surface area (Å²) in [6.07, 6.45) is 1.27. The molecule has 6 heteroatoms. The van der Waals surface area contributed by atoms with Crippen molar-refractivity contribution in [2.24, 2.45) is 0 Å². The lowest BCUT2D eigenvalue weighted by atomic mass is 10.1. The summed E-state index contributed by atoms with van der Waals surface area (Å²) >= 11 is 0. The Labute approximate surface area is 117 Å². The Kier molecular flexibility index (Phi) is 6.36. The van der Waals surface area contributed by atoms with E-state index in [9.17, 15) is 9.59 Å². The summed E-state index contributed by atoms with van der Waals surface area (Å²) in [5.41, 5.74) is 0.423. The molecule has 20 heavy (non-hydrogen) atoms. The van der Waals surface area contributed by atoms with Crippen molar-refractivity contribution in [3.63, 3.8) is 0 Å². The normalized spacial score (nSPS) is 9.90. The SMILES string of the molecule is COc1ccc(C(=O)NCCCCC(=O)O)c(OC)c1. The maximum absolute atomic E-state index is 12.0. The number of benzene rings is 1. The van der Waals surface area contributed by atoms with Gasteiger partial charge in [-0.05, 0) is 25.0 Å². The molecule has 0 heterocycles. The third-order valence-electron chi connectivity index (χ3n) is 2.76. The Bertz CT molecular complexity index is 473. The van der Waals surface area contributed by atoms with Gasteiger partial charge in [0.1, 0.15) is 11.5 Å². The second kappa shape index (κ2) is 8.04. The fraction of sp³-hybridized carbons (Fsp3) is 0.429. The topological polar surface area (TPSA) is 84.9 Å². The molecule has 0 aliphatic rings. The van der Waals surface area contributed by atoms with Crippen molar-refractivity contribution in [3.8, 4) is 11.5 Å². The molecule has 0 bridgehead atoms. The largest absolute Gasteiger partial charge is 0.497 e. The van der Waals surface area contributed by atoms with E-state index < -0.39 is 5.97 Å². The zero-order chi connectivity index (χ0) is 15.0. The fourth-order valence-electron chi connectivity index (χ4n) is 1.68. The van der Waals surface area contributed by atoms with Gasteiger partial charge in [0.25, 0.3) is 5.91 Å². The highest BCUT2D eigenvalue weighted by Crippen LogP contribution is 2.24. The smallest absolute Gasteiger partial charge is 0.303 e. The summed E-state index contributed by atoms with van der Waals surface area (Å²) in [5, 5.41) is 11.2. The molecule has 0 aliphatic heterocycles. The van der Waals surface area contributed by atoms with Gasteiger partial charge >= 0.3 is 5.97 Å². The van der Waals surface area contributed by atoms with Gasteiger partial charge in [-0.1, -0.05) is 0 Å². The average molecular weight is 281 g/mol. The van der Waals surface area contributed by atoms with Crippen LogP contribution in [-0.4, -0.2) is 37.7 Å². The Morgan fingerprint density at radius 1 is 1.20 bits per heavy atom. The summed E-state index contributed by atoms with van der Waals surface area (Å²) < 4.78 is 10.2. The van der Waals surface area contributed by atoms with E-state index in [0.717, 1.165) is 0 Å². The van der Waals surface area contributed by atoms with E-state index in [4.69, 9.17) is 14.6 Å². The average Bonchev–Trinajstić information content (AvgIpc) is 2.45. The van der Waals surface area contributed by atoms with Crippen molar-refractivity contribution in [3.05, 3.63) is 23.8 Å². The number of carbonyl (C=O) groups excluding carboxylic acids is 1. The van der Waals surface area contributed by atoms with E-state index in [1.165, 1.54) is 14.2 Å². The Balaban J connectivity index is 2.52. The van der Waals surface area contributed by atoms with Crippen LogP contribution in [0.3, 0.4) is 0 Å². The van der Waals surface area contributed by atoms with Crippen LogP contribution in [0.2, 0.25) is 0 Å².